The molecule has 0 radical (unpaired) electrons. The third-order valence-electron chi connectivity index (χ3n) is 4.01. The van der Waals surface area contributed by atoms with E-state index < -0.39 is 0 Å². The Morgan fingerprint density at radius 1 is 1.03 bits per heavy atom. The Kier molecular flexibility index (Phi) is 9.37. The van der Waals surface area contributed by atoms with Gasteiger partial charge < -0.3 is 19.5 Å². The highest BCUT2D eigenvalue weighted by Gasteiger charge is 2.09. The molecule has 0 unspecified atom stereocenters. The third-order valence-corrected chi connectivity index (χ3v) is 4.99. The topological polar surface area (TPSA) is 73.9 Å². The number of amides is 1. The second kappa shape index (κ2) is 12.0. The Balaban J connectivity index is 1.68. The van der Waals surface area contributed by atoms with Gasteiger partial charge in [0.05, 0.1) is 26.0 Å². The summed E-state index contributed by atoms with van der Waals surface area (Å²) in [6, 6.07) is 12.7. The fourth-order valence-electron chi connectivity index (χ4n) is 2.57. The zero-order valence-corrected chi connectivity index (χ0v) is 17.8. The van der Waals surface area contributed by atoms with Crippen LogP contribution < -0.4 is 19.5 Å². The van der Waals surface area contributed by atoms with Crippen LogP contribution in [0, 0.1) is 0 Å². The second-order valence-electron chi connectivity index (χ2n) is 6.18. The van der Waals surface area contributed by atoms with Crippen molar-refractivity contribution >= 4 is 23.5 Å². The maximum atomic E-state index is 12.0. The molecule has 0 bridgehead atoms. The molecule has 1 amide bonds. The number of benzene rings is 2. The van der Waals surface area contributed by atoms with E-state index in [9.17, 15) is 9.59 Å². The minimum atomic E-state index is -0.0630. The van der Waals surface area contributed by atoms with Crippen molar-refractivity contribution < 1.29 is 23.8 Å². The molecule has 2 aromatic rings. The fraction of sp³-hybridized carbons (Fsp3) is 0.364. The average Bonchev–Trinajstić information content (AvgIpc) is 2.72. The molecule has 29 heavy (non-hydrogen) atoms. The fourth-order valence-corrected chi connectivity index (χ4v) is 3.41. The van der Waals surface area contributed by atoms with E-state index in [2.05, 4.69) is 5.32 Å². The first kappa shape index (κ1) is 22.6. The smallest absolute Gasteiger partial charge is 0.230 e. The van der Waals surface area contributed by atoms with E-state index in [4.69, 9.17) is 14.2 Å². The number of ketones is 1. The molecule has 0 atom stereocenters. The molecule has 7 heteroatoms. The molecule has 0 saturated heterocycles. The molecule has 2 aromatic carbocycles. The molecule has 1 N–H and O–H groups in total. The van der Waals surface area contributed by atoms with Crippen LogP contribution in [0.15, 0.2) is 42.5 Å². The van der Waals surface area contributed by atoms with Crippen molar-refractivity contribution in [1.82, 2.24) is 5.32 Å². The first-order chi connectivity index (χ1) is 14.0. The number of hydrogen-bond donors (Lipinski definition) is 1. The van der Waals surface area contributed by atoms with Gasteiger partial charge in [-0.2, -0.15) is 0 Å². The summed E-state index contributed by atoms with van der Waals surface area (Å²) in [4.78, 5) is 23.5. The van der Waals surface area contributed by atoms with Gasteiger partial charge in [0.15, 0.2) is 5.78 Å². The summed E-state index contributed by atoms with van der Waals surface area (Å²) in [5.41, 5.74) is 1.54. The number of ether oxygens (including phenoxy) is 3. The highest BCUT2D eigenvalue weighted by molar-refractivity contribution is 7.99. The van der Waals surface area contributed by atoms with Crippen LogP contribution in [0.2, 0.25) is 0 Å². The van der Waals surface area contributed by atoms with Crippen molar-refractivity contribution in [2.75, 3.05) is 32.6 Å². The molecule has 0 fully saturated rings. The van der Waals surface area contributed by atoms with E-state index in [0.29, 0.717) is 42.6 Å². The van der Waals surface area contributed by atoms with Crippen LogP contribution in [0.25, 0.3) is 0 Å². The first-order valence-corrected chi connectivity index (χ1v) is 10.6. The molecule has 0 aliphatic heterocycles. The zero-order chi connectivity index (χ0) is 21.1. The number of hydrogen-bond acceptors (Lipinski definition) is 6. The van der Waals surface area contributed by atoms with E-state index in [0.717, 1.165) is 17.1 Å². The van der Waals surface area contributed by atoms with E-state index in [-0.39, 0.29) is 11.7 Å². The lowest BCUT2D eigenvalue weighted by atomic mass is 10.1. The molecule has 0 spiro atoms. The van der Waals surface area contributed by atoms with Crippen molar-refractivity contribution in [2.45, 2.75) is 19.6 Å². The van der Waals surface area contributed by atoms with E-state index in [1.165, 1.54) is 18.7 Å². The Morgan fingerprint density at radius 3 is 2.34 bits per heavy atom. The van der Waals surface area contributed by atoms with Crippen molar-refractivity contribution in [2.24, 2.45) is 0 Å². The normalized spacial score (nSPS) is 10.3. The predicted molar refractivity (Wildman–Crippen MR) is 115 cm³/mol. The minimum absolute atomic E-state index is 0.00387. The number of Topliss-reactive ketones (excluding diaryl/α,β-unsaturated/α-hetero) is 1. The monoisotopic (exact) mass is 417 g/mol. The summed E-state index contributed by atoms with van der Waals surface area (Å²) in [7, 11) is 1.59. The first-order valence-electron chi connectivity index (χ1n) is 9.41. The van der Waals surface area contributed by atoms with Crippen molar-refractivity contribution in [3.8, 4) is 17.2 Å². The number of nitrogens with one attached hydrogen (secondary N) is 1. The van der Waals surface area contributed by atoms with Gasteiger partial charge in [-0.05, 0) is 56.3 Å². The van der Waals surface area contributed by atoms with Gasteiger partial charge in [0.25, 0.3) is 0 Å². The van der Waals surface area contributed by atoms with Gasteiger partial charge in [0.1, 0.15) is 23.9 Å². The lowest BCUT2D eigenvalue weighted by Gasteiger charge is -2.10. The Hall–Kier alpha value is -2.67. The number of thioether (sulfide) groups is 1. The summed E-state index contributed by atoms with van der Waals surface area (Å²) < 4.78 is 16.3. The van der Waals surface area contributed by atoms with Crippen LogP contribution >= 0.6 is 11.8 Å². The van der Waals surface area contributed by atoms with Crippen LogP contribution in [0.5, 0.6) is 17.2 Å². The number of rotatable bonds is 12. The highest BCUT2D eigenvalue weighted by Crippen LogP contribution is 2.24. The van der Waals surface area contributed by atoms with Crippen LogP contribution in [0.1, 0.15) is 29.8 Å². The quantitative estimate of drug-likeness (QED) is 0.419. The summed E-state index contributed by atoms with van der Waals surface area (Å²) in [6.07, 6.45) is 0. The number of methoxy groups -OCH3 is 1. The molecule has 0 saturated carbocycles. The third kappa shape index (κ3) is 7.69. The van der Waals surface area contributed by atoms with Gasteiger partial charge in [0, 0.05) is 16.9 Å². The van der Waals surface area contributed by atoms with Gasteiger partial charge in [-0.25, -0.2) is 0 Å². The molecule has 156 valence electrons. The molecular weight excluding hydrogens is 390 g/mol. The average molecular weight is 418 g/mol. The number of carbonyl (C=O) groups is 2. The van der Waals surface area contributed by atoms with E-state index in [1.807, 2.05) is 37.3 Å². The largest absolute Gasteiger partial charge is 0.496 e. The standard InChI is InChI=1S/C22H27NO5S/c1-4-27-19-6-8-20(9-7-19)28-12-11-23-22(25)15-29-14-18-13-17(16(2)24)5-10-21(18)26-3/h5-10,13H,4,11-12,14-15H2,1-3H3,(H,23,25). The van der Waals surface area contributed by atoms with Crippen LogP contribution in [-0.2, 0) is 10.5 Å². The molecule has 6 nitrogen and oxygen atoms in total. The molecule has 0 aromatic heterocycles. The SMILES string of the molecule is CCOc1ccc(OCCNC(=O)CSCc2cc(C(C)=O)ccc2OC)cc1. The van der Waals surface area contributed by atoms with Gasteiger partial charge in [0.2, 0.25) is 5.91 Å². The summed E-state index contributed by atoms with van der Waals surface area (Å²) in [6.45, 7) is 4.90. The van der Waals surface area contributed by atoms with Crippen molar-refractivity contribution in [3.05, 3.63) is 53.6 Å². The zero-order valence-electron chi connectivity index (χ0n) is 17.0. The van der Waals surface area contributed by atoms with Crippen LogP contribution in [0.4, 0.5) is 0 Å². The van der Waals surface area contributed by atoms with Crippen LogP contribution in [0.3, 0.4) is 0 Å². The minimum Gasteiger partial charge on any atom is -0.496 e. The van der Waals surface area contributed by atoms with Crippen molar-refractivity contribution in [3.63, 3.8) is 0 Å². The summed E-state index contributed by atoms with van der Waals surface area (Å²) in [5.74, 6) is 3.09. The van der Waals surface area contributed by atoms with Gasteiger partial charge >= 0.3 is 0 Å². The van der Waals surface area contributed by atoms with Gasteiger partial charge in [-0.15, -0.1) is 11.8 Å². The molecular formula is C22H27NO5S. The Bertz CT molecular complexity index is 807. The Labute approximate surface area is 175 Å². The van der Waals surface area contributed by atoms with E-state index >= 15 is 0 Å². The molecule has 0 aliphatic rings. The van der Waals surface area contributed by atoms with Crippen LogP contribution in [-0.4, -0.2) is 44.3 Å². The molecule has 0 aliphatic carbocycles. The van der Waals surface area contributed by atoms with Crippen molar-refractivity contribution in [1.29, 1.82) is 0 Å². The maximum Gasteiger partial charge on any atom is 0.230 e. The number of carbonyl (C=O) groups excluding carboxylic acids is 2. The van der Waals surface area contributed by atoms with E-state index in [1.54, 1.807) is 19.2 Å². The highest BCUT2D eigenvalue weighted by atomic mass is 32.2. The summed E-state index contributed by atoms with van der Waals surface area (Å²) in [5, 5.41) is 2.83. The lowest BCUT2D eigenvalue weighted by Crippen LogP contribution is -2.29. The lowest BCUT2D eigenvalue weighted by molar-refractivity contribution is -0.118. The molecule has 0 heterocycles. The second-order valence-corrected chi connectivity index (χ2v) is 7.16. The van der Waals surface area contributed by atoms with Gasteiger partial charge in [-0.3, -0.25) is 9.59 Å². The Morgan fingerprint density at radius 2 is 1.72 bits per heavy atom. The summed E-state index contributed by atoms with van der Waals surface area (Å²) >= 11 is 1.47. The maximum absolute atomic E-state index is 12.0. The molecule has 2 rings (SSSR count). The predicted octanol–water partition coefficient (Wildman–Crippen LogP) is 3.72. The van der Waals surface area contributed by atoms with Gasteiger partial charge in [-0.1, -0.05) is 0 Å².